The van der Waals surface area contributed by atoms with Crippen LogP contribution in [0.15, 0.2) is 30.3 Å². The molecule has 0 saturated carbocycles. The van der Waals surface area contributed by atoms with Gasteiger partial charge in [-0.3, -0.25) is 10.1 Å². The smallest absolute Gasteiger partial charge is 0.407 e. The highest BCUT2D eigenvalue weighted by atomic mass is 16.6. The van der Waals surface area contributed by atoms with E-state index in [0.717, 1.165) is 5.56 Å². The summed E-state index contributed by atoms with van der Waals surface area (Å²) in [5, 5.41) is 6.14. The Kier molecular flexibility index (Phi) is 6.64. The Hall–Kier alpha value is -2.08. The number of nitrogens with one attached hydrogen (secondary N) is 2. The molecule has 2 unspecified atom stereocenters. The van der Waals surface area contributed by atoms with Gasteiger partial charge in [0.15, 0.2) is 0 Å². The third-order valence-electron chi connectivity index (χ3n) is 4.22. The number of hydrogen-bond acceptors (Lipinski definition) is 4. The van der Waals surface area contributed by atoms with Crippen LogP contribution >= 0.6 is 0 Å². The van der Waals surface area contributed by atoms with Gasteiger partial charge in [0.05, 0.1) is 12.2 Å². The number of benzene rings is 1. The molecule has 1 aromatic carbocycles. The second kappa shape index (κ2) is 8.54. The van der Waals surface area contributed by atoms with Gasteiger partial charge in [0, 0.05) is 13.1 Å². The zero-order valence-electron chi connectivity index (χ0n) is 16.4. The summed E-state index contributed by atoms with van der Waals surface area (Å²) in [5.41, 5.74) is 0.585. The van der Waals surface area contributed by atoms with Gasteiger partial charge in [-0.1, -0.05) is 44.2 Å². The van der Waals surface area contributed by atoms with Crippen molar-refractivity contribution in [3.8, 4) is 0 Å². The fourth-order valence-electron chi connectivity index (χ4n) is 3.05. The van der Waals surface area contributed by atoms with E-state index in [1.165, 1.54) is 0 Å². The second-order valence-electron chi connectivity index (χ2n) is 8.08. The maximum Gasteiger partial charge on any atom is 0.407 e. The lowest BCUT2D eigenvalue weighted by Crippen LogP contribution is -2.41. The monoisotopic (exact) mass is 361 g/mol. The molecule has 2 atom stereocenters. The number of carbonyl (C=O) groups excluding carboxylic acids is 2. The van der Waals surface area contributed by atoms with Gasteiger partial charge in [-0.25, -0.2) is 4.79 Å². The number of amides is 2. The van der Waals surface area contributed by atoms with Crippen LogP contribution < -0.4 is 10.6 Å². The first kappa shape index (κ1) is 20.2. The molecule has 0 radical (unpaired) electrons. The molecule has 6 heteroatoms. The minimum Gasteiger partial charge on any atom is -0.444 e. The molecule has 2 N–H and O–H groups in total. The summed E-state index contributed by atoms with van der Waals surface area (Å²) in [6, 6.07) is 9.70. The molecule has 1 heterocycles. The van der Waals surface area contributed by atoms with Gasteiger partial charge in [0.25, 0.3) is 0 Å². The lowest BCUT2D eigenvalue weighted by Gasteiger charge is -2.27. The predicted octanol–water partition coefficient (Wildman–Crippen LogP) is 2.88. The van der Waals surface area contributed by atoms with Gasteiger partial charge < -0.3 is 15.0 Å². The highest BCUT2D eigenvalue weighted by Crippen LogP contribution is 2.21. The summed E-state index contributed by atoms with van der Waals surface area (Å²) in [7, 11) is 0. The van der Waals surface area contributed by atoms with Crippen molar-refractivity contribution in [1.82, 2.24) is 15.5 Å². The first-order valence-electron chi connectivity index (χ1n) is 9.24. The Morgan fingerprint density at radius 2 is 1.92 bits per heavy atom. The van der Waals surface area contributed by atoms with E-state index in [4.69, 9.17) is 4.74 Å². The van der Waals surface area contributed by atoms with Crippen LogP contribution in [0.3, 0.4) is 0 Å². The molecule has 0 spiro atoms. The van der Waals surface area contributed by atoms with E-state index in [9.17, 15) is 9.59 Å². The van der Waals surface area contributed by atoms with Crippen molar-refractivity contribution >= 4 is 12.0 Å². The van der Waals surface area contributed by atoms with Crippen molar-refractivity contribution in [3.05, 3.63) is 35.9 Å². The van der Waals surface area contributed by atoms with Crippen LogP contribution in [-0.2, 0) is 16.1 Å². The molecule has 0 aromatic heterocycles. The summed E-state index contributed by atoms with van der Waals surface area (Å²) < 4.78 is 5.22. The van der Waals surface area contributed by atoms with Crippen molar-refractivity contribution in [2.75, 3.05) is 6.54 Å². The van der Waals surface area contributed by atoms with Crippen LogP contribution in [0.5, 0.6) is 0 Å². The average Bonchev–Trinajstić information content (AvgIpc) is 2.84. The molecule has 2 rings (SSSR count). The predicted molar refractivity (Wildman–Crippen MR) is 101 cm³/mol. The zero-order chi connectivity index (χ0) is 19.3. The van der Waals surface area contributed by atoms with Crippen molar-refractivity contribution in [2.45, 2.75) is 65.4 Å². The van der Waals surface area contributed by atoms with Crippen molar-refractivity contribution in [3.63, 3.8) is 0 Å². The molecule has 26 heavy (non-hydrogen) atoms. The van der Waals surface area contributed by atoms with Gasteiger partial charge in [0.1, 0.15) is 5.60 Å². The Morgan fingerprint density at radius 3 is 2.50 bits per heavy atom. The zero-order valence-corrected chi connectivity index (χ0v) is 16.4. The molecule has 0 aliphatic carbocycles. The van der Waals surface area contributed by atoms with E-state index < -0.39 is 11.7 Å². The van der Waals surface area contributed by atoms with E-state index in [2.05, 4.69) is 24.5 Å². The largest absolute Gasteiger partial charge is 0.444 e. The molecular weight excluding hydrogens is 330 g/mol. The minimum atomic E-state index is -0.527. The molecule has 1 aliphatic heterocycles. The van der Waals surface area contributed by atoms with Gasteiger partial charge in [-0.15, -0.1) is 0 Å². The van der Waals surface area contributed by atoms with Gasteiger partial charge in [-0.2, -0.15) is 0 Å². The highest BCUT2D eigenvalue weighted by molar-refractivity contribution is 5.84. The van der Waals surface area contributed by atoms with Crippen LogP contribution in [0.25, 0.3) is 0 Å². The third kappa shape index (κ3) is 5.73. The molecule has 2 amide bonds. The second-order valence-corrected chi connectivity index (χ2v) is 8.08. The summed E-state index contributed by atoms with van der Waals surface area (Å²) in [4.78, 5) is 26.5. The quantitative estimate of drug-likeness (QED) is 0.817. The fraction of sp³-hybridized carbons (Fsp3) is 0.600. The summed E-state index contributed by atoms with van der Waals surface area (Å²) in [6.45, 7) is 10.7. The number of hydrogen-bond donors (Lipinski definition) is 2. The normalized spacial score (nSPS) is 20.5. The first-order chi connectivity index (χ1) is 12.2. The third-order valence-corrected chi connectivity index (χ3v) is 4.22. The topological polar surface area (TPSA) is 70.7 Å². The Morgan fingerprint density at radius 1 is 1.27 bits per heavy atom. The molecule has 1 aromatic rings. The Bertz CT molecular complexity index is 610. The fourth-order valence-corrected chi connectivity index (χ4v) is 3.05. The molecule has 144 valence electrons. The van der Waals surface area contributed by atoms with Crippen molar-refractivity contribution in [1.29, 1.82) is 0 Å². The van der Waals surface area contributed by atoms with E-state index in [1.54, 1.807) is 0 Å². The van der Waals surface area contributed by atoms with Crippen LogP contribution in [-0.4, -0.2) is 41.3 Å². The Balaban J connectivity index is 1.92. The van der Waals surface area contributed by atoms with E-state index in [-0.39, 0.29) is 18.1 Å². The average molecular weight is 361 g/mol. The van der Waals surface area contributed by atoms with Crippen molar-refractivity contribution < 1.29 is 14.3 Å². The molecule has 0 bridgehead atoms. The van der Waals surface area contributed by atoms with Crippen LogP contribution in [0, 0.1) is 5.92 Å². The lowest BCUT2D eigenvalue weighted by molar-refractivity contribution is -0.131. The first-order valence-corrected chi connectivity index (χ1v) is 9.24. The highest BCUT2D eigenvalue weighted by Gasteiger charge is 2.39. The SMILES string of the molecule is CC(C)C1NC(CCNC(=O)OC(C)(C)C)C(=O)N1Cc1ccccc1. The number of ether oxygens (including phenoxy) is 1. The lowest BCUT2D eigenvalue weighted by atomic mass is 10.1. The van der Waals surface area contributed by atoms with E-state index in [0.29, 0.717) is 25.4 Å². The number of nitrogens with zero attached hydrogens (tertiary/aromatic N) is 1. The van der Waals surface area contributed by atoms with Gasteiger partial charge in [0.2, 0.25) is 5.91 Å². The summed E-state index contributed by atoms with van der Waals surface area (Å²) in [6.07, 6.45) is 0.0748. The van der Waals surface area contributed by atoms with Gasteiger partial charge >= 0.3 is 6.09 Å². The minimum absolute atomic E-state index is 0.00534. The number of rotatable bonds is 6. The summed E-state index contributed by atoms with van der Waals surface area (Å²) in [5.74, 6) is 0.380. The van der Waals surface area contributed by atoms with Crippen LogP contribution in [0.2, 0.25) is 0 Å². The molecule has 1 saturated heterocycles. The Labute approximate surface area is 156 Å². The molecule has 1 aliphatic rings. The maximum atomic E-state index is 12.8. The number of carbonyl (C=O) groups is 2. The van der Waals surface area contributed by atoms with Gasteiger partial charge in [-0.05, 0) is 38.7 Å². The molecular formula is C20H31N3O3. The summed E-state index contributed by atoms with van der Waals surface area (Å²) >= 11 is 0. The van der Waals surface area contributed by atoms with Crippen LogP contribution in [0.4, 0.5) is 4.79 Å². The van der Waals surface area contributed by atoms with E-state index >= 15 is 0 Å². The molecule has 1 fully saturated rings. The van der Waals surface area contributed by atoms with Crippen LogP contribution in [0.1, 0.15) is 46.6 Å². The number of alkyl carbamates (subject to hydrolysis) is 1. The van der Waals surface area contributed by atoms with Crippen molar-refractivity contribution in [2.24, 2.45) is 5.92 Å². The maximum absolute atomic E-state index is 12.8. The van der Waals surface area contributed by atoms with E-state index in [1.807, 2.05) is 56.0 Å². The standard InChI is InChI=1S/C20H31N3O3/c1-14(2)17-22-16(11-12-21-19(25)26-20(3,4)5)18(24)23(17)13-15-9-7-6-8-10-15/h6-10,14,16-17,22H,11-13H2,1-5H3,(H,21,25). The molecule has 6 nitrogen and oxygen atoms in total.